The number of carbonyl (C=O) groups is 1. The van der Waals surface area contributed by atoms with E-state index in [-0.39, 0.29) is 16.2 Å². The first-order valence-electron chi connectivity index (χ1n) is 10.5. The number of fused-ring (bicyclic) bond motifs is 2. The molecule has 2 saturated heterocycles. The van der Waals surface area contributed by atoms with Crippen LogP contribution in [0.3, 0.4) is 0 Å². The van der Waals surface area contributed by atoms with E-state index in [1.54, 1.807) is 6.07 Å². The van der Waals surface area contributed by atoms with Gasteiger partial charge in [0, 0.05) is 25.2 Å². The van der Waals surface area contributed by atoms with E-state index in [4.69, 9.17) is 9.90 Å². The molecule has 13 heteroatoms. The normalized spacial score (nSPS) is 22.6. The molecule has 1 saturated carbocycles. The largest absolute Gasteiger partial charge is 0.490 e. The summed E-state index contributed by atoms with van der Waals surface area (Å²) in [5, 5.41) is 20.5. The summed E-state index contributed by atoms with van der Waals surface area (Å²) in [4.78, 5) is 35.5. The third-order valence-corrected chi connectivity index (χ3v) is 6.23. The van der Waals surface area contributed by atoms with E-state index >= 15 is 0 Å². The molecule has 0 spiro atoms. The third-order valence-electron chi connectivity index (χ3n) is 6.23. The number of anilines is 1. The van der Waals surface area contributed by atoms with E-state index in [1.165, 1.54) is 4.57 Å². The Morgan fingerprint density at radius 2 is 1.79 bits per heavy atom. The first kappa shape index (κ1) is 23.1. The molecular formula is C20H22F4N4O5. The molecule has 180 valence electrons. The molecular weight excluding hydrogens is 452 g/mol. The number of alkyl halides is 3. The first-order chi connectivity index (χ1) is 15.5. The van der Waals surface area contributed by atoms with Gasteiger partial charge in [-0.1, -0.05) is 4.73 Å². The Bertz CT molecular complexity index is 1190. The Hall–Kier alpha value is -3.09. The number of carboxylic acids is 1. The zero-order valence-corrected chi connectivity index (χ0v) is 17.3. The second-order valence-electron chi connectivity index (χ2n) is 8.49. The van der Waals surface area contributed by atoms with Crippen LogP contribution in [0, 0.1) is 11.7 Å². The minimum absolute atomic E-state index is 0.0369. The highest BCUT2D eigenvalue weighted by Gasteiger charge is 2.38. The fraction of sp³-hybridized carbons (Fsp3) is 0.550. The number of benzene rings is 1. The number of aliphatic carboxylic acids is 1. The number of aromatic nitrogens is 2. The Morgan fingerprint density at radius 3 is 2.36 bits per heavy atom. The number of carboxylic acid groups (broad SMARTS) is 1. The molecule has 33 heavy (non-hydrogen) atoms. The van der Waals surface area contributed by atoms with Crippen LogP contribution in [0.4, 0.5) is 23.2 Å². The number of rotatable bonds is 2. The van der Waals surface area contributed by atoms with Crippen molar-refractivity contribution in [2.45, 2.75) is 43.9 Å². The number of hydrogen-bond donors (Lipinski definition) is 3. The summed E-state index contributed by atoms with van der Waals surface area (Å²) in [5.74, 6) is -2.75. The maximum atomic E-state index is 14.8. The lowest BCUT2D eigenvalue weighted by atomic mass is 9.94. The molecule has 2 atom stereocenters. The Balaban J connectivity index is 0.000000325. The fourth-order valence-electron chi connectivity index (χ4n) is 4.50. The third kappa shape index (κ3) is 4.41. The zero-order valence-electron chi connectivity index (χ0n) is 17.3. The van der Waals surface area contributed by atoms with Crippen LogP contribution in [0.1, 0.15) is 31.7 Å². The zero-order chi connectivity index (χ0) is 24.1. The van der Waals surface area contributed by atoms with E-state index in [0.29, 0.717) is 23.2 Å². The van der Waals surface area contributed by atoms with Crippen LogP contribution in [0.25, 0.3) is 10.9 Å². The van der Waals surface area contributed by atoms with E-state index in [1.807, 2.05) is 4.90 Å². The van der Waals surface area contributed by atoms with Gasteiger partial charge in [0.1, 0.15) is 5.82 Å². The minimum Gasteiger partial charge on any atom is -0.475 e. The van der Waals surface area contributed by atoms with Gasteiger partial charge < -0.3 is 20.5 Å². The predicted octanol–water partition coefficient (Wildman–Crippen LogP) is 1.70. The van der Waals surface area contributed by atoms with E-state index in [0.717, 1.165) is 51.4 Å². The molecule has 5 rings (SSSR count). The standard InChI is InChI=1S/C18H21FN4O3.C2HF3O2/c19-13-6-12-15(22(11-3-4-11)18(25)23(26)17(12)24)7-16(13)21-8-10-2-1-5-20-14(10)9-21;3-2(4,5)1(6)7/h6-7,10-11,14,20,26H,1-5,8-9H2;(H,6,7). The summed E-state index contributed by atoms with van der Waals surface area (Å²) in [6.07, 6.45) is -1.19. The van der Waals surface area contributed by atoms with Gasteiger partial charge in [-0.15, -0.1) is 0 Å². The smallest absolute Gasteiger partial charge is 0.475 e. The average molecular weight is 474 g/mol. The molecule has 1 aliphatic carbocycles. The molecule has 0 bridgehead atoms. The summed E-state index contributed by atoms with van der Waals surface area (Å²) in [5.41, 5.74) is -0.784. The van der Waals surface area contributed by atoms with Crippen LogP contribution in [-0.2, 0) is 4.79 Å². The van der Waals surface area contributed by atoms with Gasteiger partial charge >= 0.3 is 17.8 Å². The van der Waals surface area contributed by atoms with Crippen molar-refractivity contribution >= 4 is 22.6 Å². The molecule has 0 radical (unpaired) electrons. The number of halogens is 4. The van der Waals surface area contributed by atoms with Crippen molar-refractivity contribution in [1.82, 2.24) is 14.6 Å². The van der Waals surface area contributed by atoms with Crippen LogP contribution in [0.2, 0.25) is 0 Å². The van der Waals surface area contributed by atoms with Crippen LogP contribution in [0.15, 0.2) is 21.7 Å². The summed E-state index contributed by atoms with van der Waals surface area (Å²) in [7, 11) is 0. The van der Waals surface area contributed by atoms with Crippen molar-refractivity contribution in [3.8, 4) is 0 Å². The lowest BCUT2D eigenvalue weighted by Gasteiger charge is -2.24. The van der Waals surface area contributed by atoms with E-state index in [2.05, 4.69) is 5.32 Å². The molecule has 3 heterocycles. The quantitative estimate of drug-likeness (QED) is 0.448. The summed E-state index contributed by atoms with van der Waals surface area (Å²) in [6, 6.07) is 3.09. The average Bonchev–Trinajstić information content (AvgIpc) is 3.49. The summed E-state index contributed by atoms with van der Waals surface area (Å²) < 4.78 is 48.1. The first-order valence-corrected chi connectivity index (χ1v) is 10.5. The second-order valence-corrected chi connectivity index (χ2v) is 8.49. The van der Waals surface area contributed by atoms with Crippen molar-refractivity contribution in [3.63, 3.8) is 0 Å². The Morgan fingerprint density at radius 1 is 1.12 bits per heavy atom. The monoisotopic (exact) mass is 474 g/mol. The van der Waals surface area contributed by atoms with Crippen molar-refractivity contribution in [2.24, 2.45) is 5.92 Å². The molecule has 3 N–H and O–H groups in total. The Kier molecular flexibility index (Phi) is 5.85. The van der Waals surface area contributed by atoms with Gasteiger partial charge in [-0.05, 0) is 50.3 Å². The van der Waals surface area contributed by atoms with Gasteiger partial charge in [0.25, 0.3) is 5.56 Å². The molecule has 3 aliphatic rings. The minimum atomic E-state index is -5.08. The van der Waals surface area contributed by atoms with Gasteiger partial charge in [0.15, 0.2) is 0 Å². The highest BCUT2D eigenvalue weighted by molar-refractivity contribution is 5.83. The fourth-order valence-corrected chi connectivity index (χ4v) is 4.50. The topological polar surface area (TPSA) is 117 Å². The highest BCUT2D eigenvalue weighted by Crippen LogP contribution is 2.37. The Labute approximate surface area is 183 Å². The van der Waals surface area contributed by atoms with Crippen molar-refractivity contribution in [1.29, 1.82) is 0 Å². The molecule has 1 aromatic heterocycles. The number of hydrogen-bond acceptors (Lipinski definition) is 6. The highest BCUT2D eigenvalue weighted by atomic mass is 19.4. The lowest BCUT2D eigenvalue weighted by Crippen LogP contribution is -2.40. The maximum Gasteiger partial charge on any atom is 0.490 e. The predicted molar refractivity (Wildman–Crippen MR) is 108 cm³/mol. The van der Waals surface area contributed by atoms with Crippen LogP contribution < -0.4 is 21.5 Å². The molecule has 2 aliphatic heterocycles. The molecule has 1 aromatic carbocycles. The van der Waals surface area contributed by atoms with Crippen molar-refractivity contribution < 1.29 is 32.7 Å². The lowest BCUT2D eigenvalue weighted by molar-refractivity contribution is -0.192. The van der Waals surface area contributed by atoms with Crippen LogP contribution >= 0.6 is 0 Å². The van der Waals surface area contributed by atoms with Crippen LogP contribution in [0.5, 0.6) is 0 Å². The van der Waals surface area contributed by atoms with Gasteiger partial charge in [-0.3, -0.25) is 9.36 Å². The number of nitrogens with one attached hydrogen (secondary N) is 1. The van der Waals surface area contributed by atoms with Gasteiger partial charge in [-0.25, -0.2) is 14.0 Å². The number of nitrogens with zero attached hydrogens (tertiary/aromatic N) is 3. The summed E-state index contributed by atoms with van der Waals surface area (Å²) >= 11 is 0. The van der Waals surface area contributed by atoms with Crippen LogP contribution in [-0.4, -0.2) is 57.4 Å². The SMILES string of the molecule is O=C(O)C(F)(F)F.O=c1c2cc(F)c(N3CC4CCCNC4C3)cc2n(C2CC2)c(=O)n1O. The molecule has 9 nitrogen and oxygen atoms in total. The van der Waals surface area contributed by atoms with Gasteiger partial charge in [0.05, 0.1) is 16.6 Å². The van der Waals surface area contributed by atoms with E-state index in [9.17, 15) is 32.4 Å². The van der Waals surface area contributed by atoms with Gasteiger partial charge in [-0.2, -0.15) is 13.2 Å². The molecule has 0 amide bonds. The summed E-state index contributed by atoms with van der Waals surface area (Å²) in [6.45, 7) is 2.48. The van der Waals surface area contributed by atoms with Crippen molar-refractivity contribution in [3.05, 3.63) is 38.8 Å². The molecule has 2 unspecified atom stereocenters. The van der Waals surface area contributed by atoms with Crippen molar-refractivity contribution in [2.75, 3.05) is 24.5 Å². The van der Waals surface area contributed by atoms with E-state index < -0.39 is 29.2 Å². The number of piperidine rings is 1. The second kappa shape index (κ2) is 8.36. The molecule has 2 aromatic rings. The molecule has 3 fully saturated rings. The maximum absolute atomic E-state index is 14.8. The van der Waals surface area contributed by atoms with Gasteiger partial charge in [0.2, 0.25) is 0 Å².